The Morgan fingerprint density at radius 3 is 2.94 bits per heavy atom. The molecule has 1 atom stereocenters. The smallest absolute Gasteiger partial charge is 0.123 e. The zero-order chi connectivity index (χ0) is 12.1. The molecule has 4 heteroatoms. The quantitative estimate of drug-likeness (QED) is 0.883. The van der Waals surface area contributed by atoms with Crippen LogP contribution in [0.15, 0.2) is 35.8 Å². The summed E-state index contributed by atoms with van der Waals surface area (Å²) in [6.45, 7) is 2.90. The fourth-order valence-electron chi connectivity index (χ4n) is 1.65. The molecule has 2 rings (SSSR count). The zero-order valence-corrected chi connectivity index (χ0v) is 10.8. The number of benzene rings is 1. The molecule has 0 amide bonds. The number of methoxy groups -OCH3 is 1. The van der Waals surface area contributed by atoms with Crippen LogP contribution in [-0.2, 0) is 6.54 Å². The molecule has 2 aromatic rings. The van der Waals surface area contributed by atoms with Gasteiger partial charge in [-0.3, -0.25) is 0 Å². The lowest BCUT2D eigenvalue weighted by atomic mass is 10.2. The van der Waals surface area contributed by atoms with Crippen LogP contribution in [0.4, 0.5) is 0 Å². The van der Waals surface area contributed by atoms with Crippen LogP contribution in [0.25, 0.3) is 0 Å². The van der Waals surface area contributed by atoms with Crippen LogP contribution >= 0.6 is 11.3 Å². The van der Waals surface area contributed by atoms with Crippen LogP contribution in [0.1, 0.15) is 23.5 Å². The van der Waals surface area contributed by atoms with Crippen molar-refractivity contribution in [1.29, 1.82) is 0 Å². The minimum atomic E-state index is 0.264. The monoisotopic (exact) mass is 248 g/mol. The van der Waals surface area contributed by atoms with Gasteiger partial charge >= 0.3 is 0 Å². The van der Waals surface area contributed by atoms with Gasteiger partial charge in [0.25, 0.3) is 0 Å². The Labute approximate surface area is 105 Å². The lowest BCUT2D eigenvalue weighted by Gasteiger charge is -2.13. The van der Waals surface area contributed by atoms with Gasteiger partial charge in [0.05, 0.1) is 13.2 Å². The van der Waals surface area contributed by atoms with E-state index in [-0.39, 0.29) is 6.04 Å². The molecule has 0 saturated carbocycles. The number of para-hydroxylation sites is 1. The van der Waals surface area contributed by atoms with Crippen LogP contribution < -0.4 is 10.1 Å². The molecule has 1 N–H and O–H groups in total. The van der Waals surface area contributed by atoms with Crippen molar-refractivity contribution >= 4 is 11.3 Å². The van der Waals surface area contributed by atoms with E-state index in [1.165, 1.54) is 5.56 Å². The van der Waals surface area contributed by atoms with Crippen LogP contribution in [0.3, 0.4) is 0 Å². The molecule has 0 fully saturated rings. The molecule has 0 radical (unpaired) electrons. The highest BCUT2D eigenvalue weighted by molar-refractivity contribution is 7.09. The van der Waals surface area contributed by atoms with Crippen LogP contribution in [0, 0.1) is 0 Å². The Bertz CT molecular complexity index is 456. The predicted octanol–water partition coefficient (Wildman–Crippen LogP) is 3.00. The van der Waals surface area contributed by atoms with Gasteiger partial charge in [0, 0.05) is 23.7 Å². The molecule has 0 bridgehead atoms. The Morgan fingerprint density at radius 2 is 2.24 bits per heavy atom. The number of hydrogen-bond donors (Lipinski definition) is 1. The Hall–Kier alpha value is -1.39. The molecule has 3 nitrogen and oxygen atoms in total. The lowest BCUT2D eigenvalue weighted by molar-refractivity contribution is 0.406. The van der Waals surface area contributed by atoms with Crippen molar-refractivity contribution in [3.05, 3.63) is 46.4 Å². The summed E-state index contributed by atoms with van der Waals surface area (Å²) >= 11 is 1.67. The first kappa shape index (κ1) is 12.1. The maximum Gasteiger partial charge on any atom is 0.123 e. The summed E-state index contributed by atoms with van der Waals surface area (Å²) in [5.41, 5.74) is 1.17. The summed E-state index contributed by atoms with van der Waals surface area (Å²) in [5.74, 6) is 0.923. The SMILES string of the molecule is COc1ccccc1CNC(C)c1nccs1. The highest BCUT2D eigenvalue weighted by Crippen LogP contribution is 2.19. The third-order valence-electron chi connectivity index (χ3n) is 2.61. The van der Waals surface area contributed by atoms with E-state index in [2.05, 4.69) is 23.3 Å². The maximum absolute atomic E-state index is 5.32. The van der Waals surface area contributed by atoms with Crippen molar-refractivity contribution < 1.29 is 4.74 Å². The highest BCUT2D eigenvalue weighted by atomic mass is 32.1. The predicted molar refractivity (Wildman–Crippen MR) is 70.4 cm³/mol. The molecule has 90 valence electrons. The first-order valence-corrected chi connectivity index (χ1v) is 6.44. The number of rotatable bonds is 5. The van der Waals surface area contributed by atoms with Crippen molar-refractivity contribution in [1.82, 2.24) is 10.3 Å². The van der Waals surface area contributed by atoms with E-state index in [4.69, 9.17) is 4.74 Å². The average Bonchev–Trinajstić information content (AvgIpc) is 2.90. The molecule has 0 spiro atoms. The van der Waals surface area contributed by atoms with Gasteiger partial charge in [0.1, 0.15) is 10.8 Å². The number of aromatic nitrogens is 1. The molecule has 1 unspecified atom stereocenters. The average molecular weight is 248 g/mol. The largest absolute Gasteiger partial charge is 0.496 e. The van der Waals surface area contributed by atoms with E-state index >= 15 is 0 Å². The summed E-state index contributed by atoms with van der Waals surface area (Å²) in [6, 6.07) is 8.31. The summed E-state index contributed by atoms with van der Waals surface area (Å²) in [7, 11) is 1.70. The zero-order valence-electron chi connectivity index (χ0n) is 10.0. The molecule has 0 aliphatic carbocycles. The number of nitrogens with one attached hydrogen (secondary N) is 1. The van der Waals surface area contributed by atoms with E-state index in [0.29, 0.717) is 0 Å². The molecular formula is C13H16N2OS. The molecular weight excluding hydrogens is 232 g/mol. The van der Waals surface area contributed by atoms with Crippen molar-refractivity contribution in [3.8, 4) is 5.75 Å². The van der Waals surface area contributed by atoms with Gasteiger partial charge in [0.2, 0.25) is 0 Å². The standard InChI is InChI=1S/C13H16N2OS/c1-10(13-14-7-8-17-13)15-9-11-5-3-4-6-12(11)16-2/h3-8,10,15H,9H2,1-2H3. The molecule has 0 aliphatic rings. The maximum atomic E-state index is 5.32. The van der Waals surface area contributed by atoms with Crippen LogP contribution in [0.5, 0.6) is 5.75 Å². The highest BCUT2D eigenvalue weighted by Gasteiger charge is 2.08. The van der Waals surface area contributed by atoms with Gasteiger partial charge < -0.3 is 10.1 Å². The van der Waals surface area contributed by atoms with Gasteiger partial charge in [-0.15, -0.1) is 11.3 Å². The molecule has 1 heterocycles. The minimum absolute atomic E-state index is 0.264. The second-order valence-corrected chi connectivity index (χ2v) is 4.71. The van der Waals surface area contributed by atoms with Gasteiger partial charge in [-0.25, -0.2) is 4.98 Å². The molecule has 0 saturated heterocycles. The molecule has 1 aromatic carbocycles. The Balaban J connectivity index is 1.98. The fraction of sp³-hybridized carbons (Fsp3) is 0.308. The van der Waals surface area contributed by atoms with Crippen molar-refractivity contribution in [2.24, 2.45) is 0 Å². The summed E-state index contributed by atoms with van der Waals surface area (Å²) in [5, 5.41) is 6.55. The van der Waals surface area contributed by atoms with Gasteiger partial charge in [0.15, 0.2) is 0 Å². The Kier molecular flexibility index (Phi) is 4.12. The van der Waals surface area contributed by atoms with Crippen molar-refractivity contribution in [2.45, 2.75) is 19.5 Å². The van der Waals surface area contributed by atoms with Gasteiger partial charge in [-0.05, 0) is 13.0 Å². The third kappa shape index (κ3) is 3.05. The van der Waals surface area contributed by atoms with E-state index in [1.54, 1.807) is 18.4 Å². The van der Waals surface area contributed by atoms with E-state index in [9.17, 15) is 0 Å². The first-order valence-electron chi connectivity index (χ1n) is 5.56. The van der Waals surface area contributed by atoms with Crippen LogP contribution in [0.2, 0.25) is 0 Å². The second kappa shape index (κ2) is 5.80. The summed E-state index contributed by atoms with van der Waals surface area (Å²) in [6.07, 6.45) is 1.83. The van der Waals surface area contributed by atoms with E-state index in [1.807, 2.05) is 29.8 Å². The summed E-state index contributed by atoms with van der Waals surface area (Å²) in [4.78, 5) is 4.30. The van der Waals surface area contributed by atoms with E-state index in [0.717, 1.165) is 17.3 Å². The number of ether oxygens (including phenoxy) is 1. The molecule has 1 aromatic heterocycles. The Morgan fingerprint density at radius 1 is 1.41 bits per heavy atom. The number of nitrogens with zero attached hydrogens (tertiary/aromatic N) is 1. The van der Waals surface area contributed by atoms with E-state index < -0.39 is 0 Å². The van der Waals surface area contributed by atoms with Crippen LogP contribution in [-0.4, -0.2) is 12.1 Å². The van der Waals surface area contributed by atoms with Crippen molar-refractivity contribution in [3.63, 3.8) is 0 Å². The fourth-order valence-corrected chi connectivity index (χ4v) is 2.32. The molecule has 17 heavy (non-hydrogen) atoms. The lowest BCUT2D eigenvalue weighted by Crippen LogP contribution is -2.18. The van der Waals surface area contributed by atoms with Gasteiger partial charge in [-0.2, -0.15) is 0 Å². The second-order valence-electron chi connectivity index (χ2n) is 3.78. The first-order chi connectivity index (χ1) is 8.31. The van der Waals surface area contributed by atoms with Crippen molar-refractivity contribution in [2.75, 3.05) is 7.11 Å². The van der Waals surface area contributed by atoms with Gasteiger partial charge in [-0.1, -0.05) is 18.2 Å². The normalized spacial score (nSPS) is 12.4. The third-order valence-corrected chi connectivity index (χ3v) is 3.57. The number of thiazole rings is 1. The topological polar surface area (TPSA) is 34.1 Å². The molecule has 0 aliphatic heterocycles. The number of hydrogen-bond acceptors (Lipinski definition) is 4. The minimum Gasteiger partial charge on any atom is -0.496 e. The summed E-state index contributed by atoms with van der Waals surface area (Å²) < 4.78 is 5.32.